The zero-order valence-electron chi connectivity index (χ0n) is 17.8. The zero-order valence-corrected chi connectivity index (χ0v) is 17.8. The molecule has 3 nitrogen and oxygen atoms in total. The predicted molar refractivity (Wildman–Crippen MR) is 112 cm³/mol. The first-order valence-electron chi connectivity index (χ1n) is 10.2. The molecule has 1 aliphatic rings. The first-order valence-corrected chi connectivity index (χ1v) is 10.2. The van der Waals surface area contributed by atoms with Crippen LogP contribution in [0.1, 0.15) is 17.4 Å². The Hall–Kier alpha value is -3.06. The van der Waals surface area contributed by atoms with Crippen molar-refractivity contribution in [3.05, 3.63) is 71.0 Å². The van der Waals surface area contributed by atoms with Gasteiger partial charge in [-0.25, -0.2) is 13.2 Å². The highest BCUT2D eigenvalue weighted by molar-refractivity contribution is 5.89. The van der Waals surface area contributed by atoms with Crippen molar-refractivity contribution in [3.8, 4) is 23.0 Å². The minimum absolute atomic E-state index is 0.0525. The molecule has 0 radical (unpaired) electrons. The highest BCUT2D eigenvalue weighted by atomic mass is 19.4. The van der Waals surface area contributed by atoms with Crippen LogP contribution < -0.4 is 0 Å². The largest absolute Gasteiger partial charge is 0.458 e. The molecule has 4 rings (SSSR count). The van der Waals surface area contributed by atoms with Gasteiger partial charge in [-0.05, 0) is 29.1 Å². The lowest BCUT2D eigenvalue weighted by Gasteiger charge is -2.29. The van der Waals surface area contributed by atoms with Gasteiger partial charge in [0.15, 0.2) is 6.29 Å². The van der Waals surface area contributed by atoms with Gasteiger partial charge < -0.3 is 14.2 Å². The molecule has 3 aromatic carbocycles. The Morgan fingerprint density at radius 2 is 1.71 bits per heavy atom. The van der Waals surface area contributed by atoms with E-state index in [0.29, 0.717) is 30.9 Å². The molecule has 0 bridgehead atoms. The Kier molecular flexibility index (Phi) is 6.84. The average Bonchev–Trinajstić information content (AvgIpc) is 2.78. The number of benzene rings is 3. The van der Waals surface area contributed by atoms with Gasteiger partial charge in [-0.15, -0.1) is 0 Å². The minimum Gasteiger partial charge on any atom is -0.384 e. The normalized spacial score (nSPS) is 18.6. The van der Waals surface area contributed by atoms with Crippen molar-refractivity contribution >= 4 is 10.8 Å². The number of halogens is 6. The van der Waals surface area contributed by atoms with E-state index in [1.54, 1.807) is 13.2 Å². The van der Waals surface area contributed by atoms with Gasteiger partial charge in [-0.2, -0.15) is 13.2 Å². The first kappa shape index (κ1) is 24.1. The van der Waals surface area contributed by atoms with Crippen molar-refractivity contribution < 1.29 is 40.6 Å². The number of methoxy groups -OCH3 is 1. The predicted octanol–water partition coefficient (Wildman–Crippen LogP) is 6.15. The molecule has 0 amide bonds. The van der Waals surface area contributed by atoms with Crippen molar-refractivity contribution in [2.45, 2.75) is 12.5 Å². The maximum Gasteiger partial charge on any atom is 0.458 e. The number of ether oxygens (including phenoxy) is 3. The third kappa shape index (κ3) is 5.20. The van der Waals surface area contributed by atoms with E-state index in [2.05, 4.69) is 0 Å². The lowest BCUT2D eigenvalue weighted by Crippen LogP contribution is -2.29. The Labute approximate surface area is 191 Å². The molecule has 3 aromatic rings. The molecule has 9 heteroatoms. The molecule has 0 N–H and O–H groups in total. The molecule has 1 aliphatic heterocycles. The summed E-state index contributed by atoms with van der Waals surface area (Å²) < 4.78 is 97.1. The van der Waals surface area contributed by atoms with Crippen LogP contribution in [-0.4, -0.2) is 33.1 Å². The fraction of sp³-hybridized carbons (Fsp3) is 0.280. The zero-order chi connectivity index (χ0) is 24.5. The SMILES string of the molecule is COCC1COC(c2ccc(-c3ccc4c(F)c(C#CC(F)(F)F)c(F)cc4c3)c(F)c2)OC1. The van der Waals surface area contributed by atoms with E-state index >= 15 is 0 Å². The van der Waals surface area contributed by atoms with Crippen molar-refractivity contribution in [3.63, 3.8) is 0 Å². The van der Waals surface area contributed by atoms with Crippen LogP contribution >= 0.6 is 0 Å². The molecular formula is C25H18F6O3. The number of fused-ring (bicyclic) bond motifs is 1. The summed E-state index contributed by atoms with van der Waals surface area (Å²) in [6.07, 6.45) is -5.62. The summed E-state index contributed by atoms with van der Waals surface area (Å²) in [7, 11) is 1.58. The monoisotopic (exact) mass is 480 g/mol. The molecular weight excluding hydrogens is 462 g/mol. The maximum absolute atomic E-state index is 14.9. The summed E-state index contributed by atoms with van der Waals surface area (Å²) in [6.45, 7) is 1.29. The van der Waals surface area contributed by atoms with Crippen LogP contribution in [0.15, 0.2) is 42.5 Å². The van der Waals surface area contributed by atoms with Crippen LogP contribution in [0.5, 0.6) is 0 Å². The van der Waals surface area contributed by atoms with Crippen LogP contribution in [0.3, 0.4) is 0 Å². The van der Waals surface area contributed by atoms with Gasteiger partial charge in [-0.3, -0.25) is 0 Å². The minimum atomic E-state index is -4.89. The number of rotatable bonds is 4. The molecule has 34 heavy (non-hydrogen) atoms. The van der Waals surface area contributed by atoms with Gasteiger partial charge in [-0.1, -0.05) is 30.2 Å². The standard InChI is InChI=1S/C25H18F6O3/c1-32-11-14-12-33-24(34-13-14)16-3-4-18(21(26)9-16)15-2-5-19-17(8-15)10-22(27)20(23(19)28)6-7-25(29,30)31/h2-5,8-10,14,24H,11-13H2,1H3. The smallest absolute Gasteiger partial charge is 0.384 e. The summed E-state index contributed by atoms with van der Waals surface area (Å²) in [5.41, 5.74) is -0.00760. The van der Waals surface area contributed by atoms with Crippen molar-refractivity contribution in [2.24, 2.45) is 5.92 Å². The Morgan fingerprint density at radius 1 is 0.971 bits per heavy atom. The number of hydrogen-bond acceptors (Lipinski definition) is 3. The summed E-state index contributed by atoms with van der Waals surface area (Å²) in [5.74, 6) is -0.607. The average molecular weight is 480 g/mol. The highest BCUT2D eigenvalue weighted by Gasteiger charge is 2.25. The number of alkyl halides is 3. The Morgan fingerprint density at radius 3 is 2.35 bits per heavy atom. The van der Waals surface area contributed by atoms with E-state index in [4.69, 9.17) is 14.2 Å². The summed E-state index contributed by atoms with van der Waals surface area (Å²) in [4.78, 5) is 0. The van der Waals surface area contributed by atoms with Crippen LogP contribution in [0.4, 0.5) is 26.3 Å². The second kappa shape index (κ2) is 9.66. The molecule has 0 saturated carbocycles. The molecule has 0 spiro atoms. The molecule has 178 valence electrons. The fourth-order valence-corrected chi connectivity index (χ4v) is 3.73. The van der Waals surface area contributed by atoms with Crippen LogP contribution in [-0.2, 0) is 14.2 Å². The molecule has 1 heterocycles. The number of hydrogen-bond donors (Lipinski definition) is 0. The quantitative estimate of drug-likeness (QED) is 0.331. The second-order valence-electron chi connectivity index (χ2n) is 7.79. The van der Waals surface area contributed by atoms with E-state index in [1.807, 2.05) is 0 Å². The molecule has 0 aromatic heterocycles. The first-order chi connectivity index (χ1) is 16.2. The van der Waals surface area contributed by atoms with Gasteiger partial charge in [0.05, 0.1) is 25.4 Å². The van der Waals surface area contributed by atoms with E-state index in [9.17, 15) is 26.3 Å². The van der Waals surface area contributed by atoms with E-state index in [0.717, 1.165) is 12.0 Å². The Balaban J connectivity index is 1.62. The second-order valence-corrected chi connectivity index (χ2v) is 7.79. The lowest BCUT2D eigenvalue weighted by atomic mass is 9.98. The third-order valence-electron chi connectivity index (χ3n) is 5.30. The maximum atomic E-state index is 14.9. The Bertz CT molecular complexity index is 1270. The highest BCUT2D eigenvalue weighted by Crippen LogP contribution is 2.33. The molecule has 0 unspecified atom stereocenters. The van der Waals surface area contributed by atoms with Gasteiger partial charge in [0, 0.05) is 35.5 Å². The lowest BCUT2D eigenvalue weighted by molar-refractivity contribution is -0.211. The van der Waals surface area contributed by atoms with E-state index in [-0.39, 0.29) is 22.3 Å². The van der Waals surface area contributed by atoms with Crippen molar-refractivity contribution in [1.82, 2.24) is 0 Å². The topological polar surface area (TPSA) is 27.7 Å². The molecule has 0 aliphatic carbocycles. The van der Waals surface area contributed by atoms with Gasteiger partial charge in [0.2, 0.25) is 0 Å². The molecule has 0 atom stereocenters. The summed E-state index contributed by atoms with van der Waals surface area (Å²) in [5, 5.41) is -0.0834. The molecule has 1 fully saturated rings. The van der Waals surface area contributed by atoms with Crippen LogP contribution in [0, 0.1) is 35.2 Å². The molecule has 1 saturated heterocycles. The fourth-order valence-electron chi connectivity index (χ4n) is 3.73. The van der Waals surface area contributed by atoms with Crippen molar-refractivity contribution in [2.75, 3.05) is 26.9 Å². The van der Waals surface area contributed by atoms with Crippen molar-refractivity contribution in [1.29, 1.82) is 0 Å². The van der Waals surface area contributed by atoms with E-state index in [1.165, 1.54) is 36.3 Å². The van der Waals surface area contributed by atoms with Gasteiger partial charge >= 0.3 is 6.18 Å². The third-order valence-corrected chi connectivity index (χ3v) is 5.30. The summed E-state index contributed by atoms with van der Waals surface area (Å²) >= 11 is 0. The van der Waals surface area contributed by atoms with Gasteiger partial charge in [0.1, 0.15) is 17.5 Å². The van der Waals surface area contributed by atoms with E-state index < -0.39 is 35.5 Å². The van der Waals surface area contributed by atoms with Gasteiger partial charge in [0.25, 0.3) is 0 Å². The van der Waals surface area contributed by atoms with Crippen LogP contribution in [0.2, 0.25) is 0 Å². The summed E-state index contributed by atoms with van der Waals surface area (Å²) in [6, 6.07) is 9.24. The van der Waals surface area contributed by atoms with Crippen LogP contribution in [0.25, 0.3) is 21.9 Å².